The van der Waals surface area contributed by atoms with Crippen molar-refractivity contribution in [1.82, 2.24) is 5.01 Å². The Bertz CT molecular complexity index is 681. The smallest absolute Gasteiger partial charge is 0.431 e. The van der Waals surface area contributed by atoms with E-state index in [-0.39, 0.29) is 17.9 Å². The number of hydrogen-bond donors (Lipinski definition) is 3. The minimum Gasteiger partial charge on any atom is -0.508 e. The van der Waals surface area contributed by atoms with E-state index in [1.54, 1.807) is 0 Å². The molecule has 0 aliphatic carbocycles. The van der Waals surface area contributed by atoms with Crippen LogP contribution in [0.4, 0.5) is 4.79 Å². The van der Waals surface area contributed by atoms with Gasteiger partial charge in [0.15, 0.2) is 0 Å². The molecule has 0 aliphatic rings. The van der Waals surface area contributed by atoms with E-state index in [0.717, 1.165) is 25.3 Å². The Kier molecular flexibility index (Phi) is 15.8. The number of carbonyl (C=O) groups excluding carboxylic acids is 2. The fourth-order valence-corrected chi connectivity index (χ4v) is 3.79. The van der Waals surface area contributed by atoms with Crippen LogP contribution in [0.5, 0.6) is 11.5 Å². The number of rotatable bonds is 18. The number of aromatic hydroxyl groups is 2. The molecule has 0 bridgehead atoms. The number of hydrogen-bond acceptors (Lipinski definition) is 6. The number of phenolic OH excluding ortho intramolecular Hbond substituents is 2. The molecule has 0 radical (unpaired) electrons. The van der Waals surface area contributed by atoms with Gasteiger partial charge >= 0.3 is 6.09 Å². The lowest BCUT2D eigenvalue weighted by molar-refractivity contribution is 0.0653. The topological polar surface area (TPSA) is 113 Å². The zero-order chi connectivity index (χ0) is 24.3. The van der Waals surface area contributed by atoms with Gasteiger partial charge in [-0.15, -0.1) is 0 Å². The molecule has 0 fully saturated rings. The average Bonchev–Trinajstić information content (AvgIpc) is 2.80. The van der Waals surface area contributed by atoms with Gasteiger partial charge < -0.3 is 14.9 Å². The maximum absolute atomic E-state index is 12.2. The second-order valence-corrected chi connectivity index (χ2v) is 8.79. The van der Waals surface area contributed by atoms with Gasteiger partial charge in [0.05, 0.1) is 12.2 Å². The summed E-state index contributed by atoms with van der Waals surface area (Å²) < 4.78 is 5.04. The Morgan fingerprint density at radius 1 is 0.788 bits per heavy atom. The van der Waals surface area contributed by atoms with E-state index in [9.17, 15) is 19.8 Å². The molecule has 4 N–H and O–H groups in total. The fraction of sp³-hybridized carbons (Fsp3) is 0.692. The summed E-state index contributed by atoms with van der Waals surface area (Å²) in [6.07, 6.45) is 19.3. The van der Waals surface area contributed by atoms with E-state index in [4.69, 9.17) is 10.6 Å². The molecule has 188 valence electrons. The molecular formula is C26H44N2O5. The number of unbranched alkanes of at least 4 members (excludes halogenated alkanes) is 15. The highest BCUT2D eigenvalue weighted by atomic mass is 16.6. The Labute approximate surface area is 199 Å². The number of benzene rings is 1. The van der Waals surface area contributed by atoms with Gasteiger partial charge in [-0.1, -0.05) is 103 Å². The van der Waals surface area contributed by atoms with E-state index in [1.165, 1.54) is 95.6 Å². The molecule has 0 aliphatic heterocycles. The number of amides is 2. The van der Waals surface area contributed by atoms with Crippen molar-refractivity contribution in [2.75, 3.05) is 6.61 Å². The number of carbonyl (C=O) groups is 2. The van der Waals surface area contributed by atoms with Gasteiger partial charge in [-0.25, -0.2) is 10.6 Å². The second-order valence-electron chi connectivity index (χ2n) is 8.79. The van der Waals surface area contributed by atoms with Crippen LogP contribution in [0.15, 0.2) is 18.2 Å². The van der Waals surface area contributed by atoms with Gasteiger partial charge in [0.1, 0.15) is 11.5 Å². The molecule has 7 heteroatoms. The molecule has 0 saturated heterocycles. The Morgan fingerprint density at radius 3 is 1.70 bits per heavy atom. The van der Waals surface area contributed by atoms with Crippen LogP contribution in [0.1, 0.15) is 120 Å². The highest BCUT2D eigenvalue weighted by Crippen LogP contribution is 2.23. The van der Waals surface area contributed by atoms with Gasteiger partial charge in [0.25, 0.3) is 5.91 Å². The third-order valence-electron chi connectivity index (χ3n) is 5.85. The van der Waals surface area contributed by atoms with Crippen molar-refractivity contribution in [2.45, 2.75) is 110 Å². The van der Waals surface area contributed by atoms with Crippen LogP contribution in [-0.2, 0) is 4.74 Å². The summed E-state index contributed by atoms with van der Waals surface area (Å²) in [6.45, 7) is 2.45. The van der Waals surface area contributed by atoms with Gasteiger partial charge in [0.2, 0.25) is 0 Å². The number of phenols is 2. The van der Waals surface area contributed by atoms with Crippen LogP contribution in [0.2, 0.25) is 0 Å². The summed E-state index contributed by atoms with van der Waals surface area (Å²) in [5.74, 6) is 3.96. The third kappa shape index (κ3) is 13.1. The van der Waals surface area contributed by atoms with Crippen molar-refractivity contribution in [2.24, 2.45) is 5.84 Å². The summed E-state index contributed by atoms with van der Waals surface area (Å²) in [5.41, 5.74) is -0.186. The van der Waals surface area contributed by atoms with E-state index in [1.807, 2.05) is 0 Å². The molecule has 1 aromatic carbocycles. The number of nitrogens with zero attached hydrogens (tertiary/aromatic N) is 1. The van der Waals surface area contributed by atoms with Gasteiger partial charge in [-0.05, 0) is 18.6 Å². The van der Waals surface area contributed by atoms with E-state index in [0.29, 0.717) is 5.01 Å². The first kappa shape index (κ1) is 28.8. The first-order valence-corrected chi connectivity index (χ1v) is 12.7. The summed E-state index contributed by atoms with van der Waals surface area (Å²) in [7, 11) is 0. The van der Waals surface area contributed by atoms with Crippen LogP contribution in [0.25, 0.3) is 0 Å². The van der Waals surface area contributed by atoms with Gasteiger partial charge in [0, 0.05) is 6.07 Å². The highest BCUT2D eigenvalue weighted by molar-refractivity contribution is 6.04. The van der Waals surface area contributed by atoms with Crippen LogP contribution < -0.4 is 5.84 Å². The molecule has 33 heavy (non-hydrogen) atoms. The van der Waals surface area contributed by atoms with Crippen molar-refractivity contribution < 1.29 is 24.5 Å². The minimum absolute atomic E-state index is 0.186. The van der Waals surface area contributed by atoms with E-state index in [2.05, 4.69) is 6.92 Å². The standard InChI is InChI=1S/C26H44N2O5/c1-2-3-4-5-6-7-8-9-10-11-12-13-14-15-16-17-20-33-26(32)28(27)25(31)23-19-18-22(29)21-24(23)30/h18-19,21,29-30H,2-17,20,27H2,1H3. The molecule has 2 amide bonds. The Morgan fingerprint density at radius 2 is 1.24 bits per heavy atom. The monoisotopic (exact) mass is 464 g/mol. The summed E-state index contributed by atoms with van der Waals surface area (Å²) >= 11 is 0. The molecule has 0 saturated carbocycles. The van der Waals surface area contributed by atoms with Crippen molar-refractivity contribution in [3.05, 3.63) is 23.8 Å². The predicted molar refractivity (Wildman–Crippen MR) is 131 cm³/mol. The maximum atomic E-state index is 12.2. The van der Waals surface area contributed by atoms with Crippen molar-refractivity contribution >= 4 is 12.0 Å². The number of nitrogens with two attached hydrogens (primary N) is 1. The quantitative estimate of drug-likeness (QED) is 0.0951. The molecule has 0 heterocycles. The van der Waals surface area contributed by atoms with Crippen LogP contribution in [-0.4, -0.2) is 33.8 Å². The molecule has 1 aromatic rings. The van der Waals surface area contributed by atoms with Crippen LogP contribution in [0, 0.1) is 0 Å². The minimum atomic E-state index is -0.964. The second kappa shape index (κ2) is 18.2. The Hall–Kier alpha value is -2.28. The normalized spacial score (nSPS) is 10.8. The fourth-order valence-electron chi connectivity index (χ4n) is 3.79. The lowest BCUT2D eigenvalue weighted by atomic mass is 10.0. The first-order chi connectivity index (χ1) is 16.0. The van der Waals surface area contributed by atoms with Gasteiger partial charge in [-0.2, -0.15) is 5.01 Å². The predicted octanol–water partition coefficient (Wildman–Crippen LogP) is 6.81. The SMILES string of the molecule is CCCCCCCCCCCCCCCCCCOC(=O)N(N)C(=O)c1ccc(O)cc1O. The number of hydrazine groups is 1. The summed E-state index contributed by atoms with van der Waals surface area (Å²) in [4.78, 5) is 24.1. The zero-order valence-corrected chi connectivity index (χ0v) is 20.4. The number of imide groups is 1. The lowest BCUT2D eigenvalue weighted by Gasteiger charge is -2.15. The molecular weight excluding hydrogens is 420 g/mol. The summed E-state index contributed by atoms with van der Waals surface area (Å²) in [6, 6.07) is 3.42. The molecule has 0 aromatic heterocycles. The van der Waals surface area contributed by atoms with Crippen LogP contribution in [0.3, 0.4) is 0 Å². The summed E-state index contributed by atoms with van der Waals surface area (Å²) in [5, 5.41) is 19.3. The largest absolute Gasteiger partial charge is 0.508 e. The molecule has 7 nitrogen and oxygen atoms in total. The van der Waals surface area contributed by atoms with Crippen molar-refractivity contribution in [3.8, 4) is 11.5 Å². The van der Waals surface area contributed by atoms with Crippen LogP contribution >= 0.6 is 0 Å². The Balaban J connectivity index is 1.96. The average molecular weight is 465 g/mol. The highest BCUT2D eigenvalue weighted by Gasteiger charge is 2.23. The molecule has 0 unspecified atom stereocenters. The van der Waals surface area contributed by atoms with E-state index >= 15 is 0 Å². The third-order valence-corrected chi connectivity index (χ3v) is 5.85. The molecule has 0 spiro atoms. The zero-order valence-electron chi connectivity index (χ0n) is 20.4. The lowest BCUT2D eigenvalue weighted by Crippen LogP contribution is -2.43. The van der Waals surface area contributed by atoms with E-state index < -0.39 is 17.7 Å². The molecule has 0 atom stereocenters. The molecule has 1 rings (SSSR count). The van der Waals surface area contributed by atoms with Crippen molar-refractivity contribution in [3.63, 3.8) is 0 Å². The maximum Gasteiger partial charge on any atom is 0.431 e. The number of ether oxygens (including phenoxy) is 1. The van der Waals surface area contributed by atoms with Crippen molar-refractivity contribution in [1.29, 1.82) is 0 Å². The van der Waals surface area contributed by atoms with Gasteiger partial charge in [-0.3, -0.25) is 4.79 Å². The first-order valence-electron chi connectivity index (χ1n) is 12.7.